The molecule has 1 atom stereocenters. The van der Waals surface area contributed by atoms with Crippen LogP contribution in [0.1, 0.15) is 13.3 Å². The summed E-state index contributed by atoms with van der Waals surface area (Å²) in [5.41, 5.74) is 4.85. The van der Waals surface area contributed by atoms with Gasteiger partial charge in [-0.05, 0) is 6.42 Å². The third kappa shape index (κ3) is 9.26. The Bertz CT molecular complexity index is 141. The molecule has 0 heterocycles. The molecule has 0 aromatic heterocycles. The molecule has 5 nitrogen and oxygen atoms in total. The standard InChI is InChI=1S/C8H18N2O3/c1-2-7(11)5-10-3-4-13-6-8(9)12/h7,10-11H,2-6H2,1H3,(H2,9,12). The lowest BCUT2D eigenvalue weighted by Gasteiger charge is -2.08. The van der Waals surface area contributed by atoms with E-state index in [0.717, 1.165) is 6.42 Å². The molecule has 0 aromatic carbocycles. The smallest absolute Gasteiger partial charge is 0.243 e. The molecule has 4 N–H and O–H groups in total. The number of nitrogens with one attached hydrogen (secondary N) is 1. The minimum atomic E-state index is -0.464. The second-order valence-corrected chi connectivity index (χ2v) is 2.79. The monoisotopic (exact) mass is 190 g/mol. The van der Waals surface area contributed by atoms with Crippen LogP contribution in [0.4, 0.5) is 0 Å². The Morgan fingerprint density at radius 2 is 2.38 bits per heavy atom. The van der Waals surface area contributed by atoms with E-state index in [1.807, 2.05) is 6.92 Å². The van der Waals surface area contributed by atoms with Crippen LogP contribution >= 0.6 is 0 Å². The quantitative estimate of drug-likeness (QED) is 0.422. The maximum atomic E-state index is 10.2. The van der Waals surface area contributed by atoms with Crippen LogP contribution in [0.3, 0.4) is 0 Å². The zero-order chi connectivity index (χ0) is 10.1. The van der Waals surface area contributed by atoms with Gasteiger partial charge in [0.25, 0.3) is 0 Å². The number of hydrogen-bond donors (Lipinski definition) is 3. The van der Waals surface area contributed by atoms with Gasteiger partial charge < -0.3 is 20.9 Å². The van der Waals surface area contributed by atoms with Crippen molar-refractivity contribution in [3.05, 3.63) is 0 Å². The van der Waals surface area contributed by atoms with Crippen LogP contribution in [0.25, 0.3) is 0 Å². The molecule has 0 saturated heterocycles. The first-order valence-corrected chi connectivity index (χ1v) is 4.41. The van der Waals surface area contributed by atoms with Crippen molar-refractivity contribution in [2.45, 2.75) is 19.4 Å². The SMILES string of the molecule is CCC(O)CNCCOCC(N)=O. The van der Waals surface area contributed by atoms with E-state index in [-0.39, 0.29) is 12.7 Å². The number of nitrogens with two attached hydrogens (primary N) is 1. The predicted octanol–water partition coefficient (Wildman–Crippen LogP) is -1.15. The zero-order valence-electron chi connectivity index (χ0n) is 7.95. The molecular formula is C8H18N2O3. The Hall–Kier alpha value is -0.650. The highest BCUT2D eigenvalue weighted by Gasteiger charge is 1.98. The van der Waals surface area contributed by atoms with Gasteiger partial charge in [0.15, 0.2) is 0 Å². The van der Waals surface area contributed by atoms with Crippen LogP contribution in [0.2, 0.25) is 0 Å². The molecule has 5 heteroatoms. The van der Waals surface area contributed by atoms with Crippen LogP contribution in [0.15, 0.2) is 0 Å². The van der Waals surface area contributed by atoms with Crippen molar-refractivity contribution in [2.24, 2.45) is 5.73 Å². The Balaban J connectivity index is 3.04. The third-order valence-electron chi connectivity index (χ3n) is 1.52. The Morgan fingerprint density at radius 1 is 1.69 bits per heavy atom. The summed E-state index contributed by atoms with van der Waals surface area (Å²) in [4.78, 5) is 10.2. The van der Waals surface area contributed by atoms with Gasteiger partial charge in [0.05, 0.1) is 12.7 Å². The summed E-state index contributed by atoms with van der Waals surface area (Å²) in [6.07, 6.45) is 0.422. The molecule has 0 aliphatic carbocycles. The maximum Gasteiger partial charge on any atom is 0.243 e. The van der Waals surface area contributed by atoms with Crippen molar-refractivity contribution in [3.8, 4) is 0 Å². The van der Waals surface area contributed by atoms with Crippen LogP contribution in [0.5, 0.6) is 0 Å². The summed E-state index contributed by atoms with van der Waals surface area (Å²) in [6, 6.07) is 0. The fraction of sp³-hybridized carbons (Fsp3) is 0.875. The average Bonchev–Trinajstić information content (AvgIpc) is 2.10. The number of hydrogen-bond acceptors (Lipinski definition) is 4. The van der Waals surface area contributed by atoms with Gasteiger partial charge in [-0.3, -0.25) is 4.79 Å². The highest BCUT2D eigenvalue weighted by Crippen LogP contribution is 1.85. The summed E-state index contributed by atoms with van der Waals surface area (Å²) < 4.78 is 4.89. The van der Waals surface area contributed by atoms with Gasteiger partial charge >= 0.3 is 0 Å². The lowest BCUT2D eigenvalue weighted by Crippen LogP contribution is -2.30. The maximum absolute atomic E-state index is 10.2. The summed E-state index contributed by atoms with van der Waals surface area (Å²) in [7, 11) is 0. The number of ether oxygens (including phenoxy) is 1. The molecule has 13 heavy (non-hydrogen) atoms. The fourth-order valence-corrected chi connectivity index (χ4v) is 0.730. The molecule has 1 unspecified atom stereocenters. The van der Waals surface area contributed by atoms with Crippen molar-refractivity contribution in [1.82, 2.24) is 5.32 Å². The van der Waals surface area contributed by atoms with Crippen molar-refractivity contribution in [2.75, 3.05) is 26.3 Å². The number of carbonyl (C=O) groups excluding carboxylic acids is 1. The second-order valence-electron chi connectivity index (χ2n) is 2.79. The van der Waals surface area contributed by atoms with Gasteiger partial charge in [-0.15, -0.1) is 0 Å². The molecule has 0 radical (unpaired) electrons. The summed E-state index contributed by atoms with van der Waals surface area (Å²) >= 11 is 0. The number of aliphatic hydroxyl groups is 1. The average molecular weight is 190 g/mol. The highest BCUT2D eigenvalue weighted by atomic mass is 16.5. The van der Waals surface area contributed by atoms with E-state index in [1.54, 1.807) is 0 Å². The summed E-state index contributed by atoms with van der Waals surface area (Å²) in [5, 5.41) is 12.1. The second kappa shape index (κ2) is 7.97. The molecule has 0 spiro atoms. The molecule has 0 aliphatic rings. The zero-order valence-corrected chi connectivity index (χ0v) is 7.95. The van der Waals surface area contributed by atoms with Crippen LogP contribution in [-0.4, -0.2) is 43.4 Å². The predicted molar refractivity (Wildman–Crippen MR) is 49.2 cm³/mol. The van der Waals surface area contributed by atoms with Gasteiger partial charge in [0.2, 0.25) is 5.91 Å². The number of aliphatic hydroxyl groups excluding tert-OH is 1. The highest BCUT2D eigenvalue weighted by molar-refractivity contribution is 5.74. The number of amides is 1. The number of primary amides is 1. The minimum Gasteiger partial charge on any atom is -0.392 e. The first-order chi connectivity index (χ1) is 6.16. The van der Waals surface area contributed by atoms with E-state index in [9.17, 15) is 4.79 Å². The van der Waals surface area contributed by atoms with Gasteiger partial charge in [-0.1, -0.05) is 6.92 Å². The van der Waals surface area contributed by atoms with Crippen molar-refractivity contribution >= 4 is 5.91 Å². The van der Waals surface area contributed by atoms with Crippen molar-refractivity contribution in [3.63, 3.8) is 0 Å². The van der Waals surface area contributed by atoms with Gasteiger partial charge in [-0.2, -0.15) is 0 Å². The molecule has 0 saturated carbocycles. The van der Waals surface area contributed by atoms with E-state index in [4.69, 9.17) is 15.6 Å². The molecule has 0 rings (SSSR count). The van der Waals surface area contributed by atoms with Crippen molar-refractivity contribution in [1.29, 1.82) is 0 Å². The van der Waals surface area contributed by atoms with E-state index in [0.29, 0.717) is 19.7 Å². The first-order valence-electron chi connectivity index (χ1n) is 4.41. The number of rotatable bonds is 8. The van der Waals surface area contributed by atoms with Crippen molar-refractivity contribution < 1.29 is 14.6 Å². The molecule has 0 aliphatic heterocycles. The third-order valence-corrected chi connectivity index (χ3v) is 1.52. The van der Waals surface area contributed by atoms with Crippen LogP contribution in [0, 0.1) is 0 Å². The Kier molecular flexibility index (Phi) is 7.57. The fourth-order valence-electron chi connectivity index (χ4n) is 0.730. The molecular weight excluding hydrogens is 172 g/mol. The first kappa shape index (κ1) is 12.3. The molecule has 0 aromatic rings. The minimum absolute atomic E-state index is 0.0436. The topological polar surface area (TPSA) is 84.6 Å². The molecule has 1 amide bonds. The van der Waals surface area contributed by atoms with Gasteiger partial charge in [0, 0.05) is 13.1 Å². The van der Waals surface area contributed by atoms with Gasteiger partial charge in [0.1, 0.15) is 6.61 Å². The number of carbonyl (C=O) groups is 1. The van der Waals surface area contributed by atoms with E-state index >= 15 is 0 Å². The van der Waals surface area contributed by atoms with E-state index in [2.05, 4.69) is 5.32 Å². The van der Waals surface area contributed by atoms with E-state index < -0.39 is 5.91 Å². The summed E-state index contributed by atoms with van der Waals surface area (Å²) in [6.45, 7) is 3.47. The van der Waals surface area contributed by atoms with Gasteiger partial charge in [-0.25, -0.2) is 0 Å². The van der Waals surface area contributed by atoms with Crippen LogP contribution in [-0.2, 0) is 9.53 Å². The molecule has 0 bridgehead atoms. The van der Waals surface area contributed by atoms with E-state index in [1.165, 1.54) is 0 Å². The molecule has 78 valence electrons. The van der Waals surface area contributed by atoms with Crippen LogP contribution < -0.4 is 11.1 Å². The Morgan fingerprint density at radius 3 is 2.92 bits per heavy atom. The summed E-state index contributed by atoms with van der Waals surface area (Å²) in [5.74, 6) is -0.464. The normalized spacial score (nSPS) is 12.8. The Labute approximate surface area is 78.3 Å². The lowest BCUT2D eigenvalue weighted by molar-refractivity contribution is -0.122. The lowest BCUT2D eigenvalue weighted by atomic mass is 10.3. The largest absolute Gasteiger partial charge is 0.392 e. The molecule has 0 fully saturated rings.